The number of nitrogens with zero attached hydrogens (tertiary/aromatic N) is 4. The van der Waals surface area contributed by atoms with E-state index in [0.29, 0.717) is 5.82 Å². The van der Waals surface area contributed by atoms with Gasteiger partial charge in [-0.2, -0.15) is 5.10 Å². The monoisotopic (exact) mass is 309 g/mol. The van der Waals surface area contributed by atoms with E-state index in [-0.39, 0.29) is 5.91 Å². The van der Waals surface area contributed by atoms with Crippen molar-refractivity contribution < 1.29 is 4.79 Å². The van der Waals surface area contributed by atoms with Crippen molar-refractivity contribution >= 4 is 27.7 Å². The zero-order chi connectivity index (χ0) is 13.1. The van der Waals surface area contributed by atoms with Crippen LogP contribution in [0.4, 0.5) is 5.82 Å². The highest BCUT2D eigenvalue weighted by molar-refractivity contribution is 9.10. The molecule has 0 saturated heterocycles. The highest BCUT2D eigenvalue weighted by Gasteiger charge is 2.16. The van der Waals surface area contributed by atoms with Crippen molar-refractivity contribution in [1.82, 2.24) is 19.7 Å². The maximum absolute atomic E-state index is 12.0. The maximum atomic E-state index is 12.0. The van der Waals surface area contributed by atoms with Crippen LogP contribution < -0.4 is 5.32 Å². The molecule has 1 atom stereocenters. The number of anilines is 1. The zero-order valence-corrected chi connectivity index (χ0v) is 11.5. The molecule has 0 aliphatic heterocycles. The minimum absolute atomic E-state index is 0.185. The molecule has 0 saturated carbocycles. The van der Waals surface area contributed by atoms with Crippen LogP contribution >= 0.6 is 15.9 Å². The Morgan fingerprint density at radius 1 is 1.50 bits per heavy atom. The number of aromatic nitrogens is 4. The van der Waals surface area contributed by atoms with E-state index >= 15 is 0 Å². The topological polar surface area (TPSA) is 72.7 Å². The van der Waals surface area contributed by atoms with E-state index in [0.717, 1.165) is 10.2 Å². The van der Waals surface area contributed by atoms with Crippen LogP contribution in [0, 0.1) is 6.92 Å². The molecule has 18 heavy (non-hydrogen) atoms. The highest BCUT2D eigenvalue weighted by atomic mass is 79.9. The lowest BCUT2D eigenvalue weighted by molar-refractivity contribution is -0.119. The predicted molar refractivity (Wildman–Crippen MR) is 70.0 cm³/mol. The summed E-state index contributed by atoms with van der Waals surface area (Å²) in [6, 6.07) is 3.15. The molecule has 7 heteroatoms. The van der Waals surface area contributed by atoms with Gasteiger partial charge in [0.05, 0.1) is 5.69 Å². The number of nitrogens with one attached hydrogen (secondary N) is 1. The SMILES string of the molecule is Cc1nc(NC(=O)C(C)n2cncn2)ccc1Br. The van der Waals surface area contributed by atoms with E-state index in [9.17, 15) is 4.79 Å². The quantitative estimate of drug-likeness (QED) is 0.940. The molecule has 94 valence electrons. The lowest BCUT2D eigenvalue weighted by Crippen LogP contribution is -2.24. The Hall–Kier alpha value is -1.76. The number of halogens is 1. The van der Waals surface area contributed by atoms with Gasteiger partial charge in [-0.15, -0.1) is 0 Å². The molecule has 1 N–H and O–H groups in total. The van der Waals surface area contributed by atoms with Crippen LogP contribution in [-0.4, -0.2) is 25.7 Å². The van der Waals surface area contributed by atoms with Crippen LogP contribution in [0.3, 0.4) is 0 Å². The van der Waals surface area contributed by atoms with Crippen LogP contribution in [0.1, 0.15) is 18.7 Å². The second kappa shape index (κ2) is 5.26. The maximum Gasteiger partial charge on any atom is 0.250 e. The van der Waals surface area contributed by atoms with Crippen LogP contribution in [0.25, 0.3) is 0 Å². The summed E-state index contributed by atoms with van der Waals surface area (Å²) in [5, 5.41) is 6.67. The van der Waals surface area contributed by atoms with Crippen LogP contribution in [0.15, 0.2) is 29.3 Å². The van der Waals surface area contributed by atoms with Crippen molar-refractivity contribution in [3.8, 4) is 0 Å². The molecular weight excluding hydrogens is 298 g/mol. The molecule has 0 fully saturated rings. The Morgan fingerprint density at radius 3 is 2.89 bits per heavy atom. The van der Waals surface area contributed by atoms with Gasteiger partial charge in [-0.05, 0) is 41.9 Å². The van der Waals surface area contributed by atoms with Crippen LogP contribution in [-0.2, 0) is 4.79 Å². The fourth-order valence-corrected chi connectivity index (χ4v) is 1.60. The number of aryl methyl sites for hydroxylation is 1. The van der Waals surface area contributed by atoms with Crippen molar-refractivity contribution in [2.75, 3.05) is 5.32 Å². The first-order chi connectivity index (χ1) is 8.58. The van der Waals surface area contributed by atoms with E-state index in [1.807, 2.05) is 13.0 Å². The molecule has 0 radical (unpaired) electrons. The minimum atomic E-state index is -0.432. The normalized spacial score (nSPS) is 12.2. The largest absolute Gasteiger partial charge is 0.309 e. The number of hydrogen-bond acceptors (Lipinski definition) is 4. The number of carbonyl (C=O) groups excluding carboxylic acids is 1. The van der Waals surface area contributed by atoms with E-state index in [2.05, 4.69) is 36.3 Å². The average Bonchev–Trinajstić information content (AvgIpc) is 2.86. The Bertz CT molecular complexity index is 555. The van der Waals surface area contributed by atoms with Crippen LogP contribution in [0.5, 0.6) is 0 Å². The van der Waals surface area contributed by atoms with Gasteiger partial charge < -0.3 is 5.32 Å². The molecule has 2 aromatic rings. The van der Waals surface area contributed by atoms with Crippen molar-refractivity contribution in [2.24, 2.45) is 0 Å². The highest BCUT2D eigenvalue weighted by Crippen LogP contribution is 2.17. The van der Waals surface area contributed by atoms with Crippen molar-refractivity contribution in [2.45, 2.75) is 19.9 Å². The minimum Gasteiger partial charge on any atom is -0.309 e. The average molecular weight is 310 g/mol. The van der Waals surface area contributed by atoms with Gasteiger partial charge in [0.2, 0.25) is 5.91 Å². The Kier molecular flexibility index (Phi) is 3.71. The number of amides is 1. The van der Waals surface area contributed by atoms with Gasteiger partial charge in [0, 0.05) is 4.47 Å². The Morgan fingerprint density at radius 2 is 2.28 bits per heavy atom. The second-order valence-electron chi connectivity index (χ2n) is 3.80. The van der Waals surface area contributed by atoms with Gasteiger partial charge in [0.1, 0.15) is 24.5 Å². The molecule has 1 unspecified atom stereocenters. The summed E-state index contributed by atoms with van der Waals surface area (Å²) in [6.45, 7) is 3.61. The van der Waals surface area contributed by atoms with Gasteiger partial charge in [-0.3, -0.25) is 4.79 Å². The smallest absolute Gasteiger partial charge is 0.250 e. The summed E-state index contributed by atoms with van der Waals surface area (Å²) in [4.78, 5) is 20.0. The number of hydrogen-bond donors (Lipinski definition) is 1. The Balaban J connectivity index is 2.09. The van der Waals surface area contributed by atoms with Gasteiger partial charge >= 0.3 is 0 Å². The summed E-state index contributed by atoms with van der Waals surface area (Å²) in [7, 11) is 0. The molecule has 0 spiro atoms. The van der Waals surface area contributed by atoms with Crippen molar-refractivity contribution in [3.05, 3.63) is 35.0 Å². The lowest BCUT2D eigenvalue weighted by Gasteiger charge is -2.12. The summed E-state index contributed by atoms with van der Waals surface area (Å²) in [5.41, 5.74) is 0.821. The number of carbonyl (C=O) groups is 1. The fourth-order valence-electron chi connectivity index (χ4n) is 1.38. The summed E-state index contributed by atoms with van der Waals surface area (Å²) in [6.07, 6.45) is 2.90. The summed E-state index contributed by atoms with van der Waals surface area (Å²) >= 11 is 3.36. The molecule has 1 amide bonds. The molecule has 2 rings (SSSR count). The van der Waals surface area contributed by atoms with Gasteiger partial charge in [-0.1, -0.05) is 0 Å². The third-order valence-electron chi connectivity index (χ3n) is 2.49. The van der Waals surface area contributed by atoms with Gasteiger partial charge in [0.25, 0.3) is 0 Å². The first-order valence-corrected chi connectivity index (χ1v) is 6.15. The summed E-state index contributed by atoms with van der Waals surface area (Å²) < 4.78 is 2.39. The molecular formula is C11H12BrN5O. The van der Waals surface area contributed by atoms with E-state index in [4.69, 9.17) is 0 Å². The molecule has 2 heterocycles. The standard InChI is InChI=1S/C11H12BrN5O/c1-7-9(12)3-4-10(15-7)16-11(18)8(2)17-6-13-5-14-17/h3-6,8H,1-2H3,(H,15,16,18). The predicted octanol–water partition coefficient (Wildman–Crippen LogP) is 1.94. The molecule has 0 aliphatic carbocycles. The molecule has 2 aromatic heterocycles. The van der Waals surface area contributed by atoms with Crippen molar-refractivity contribution in [1.29, 1.82) is 0 Å². The lowest BCUT2D eigenvalue weighted by atomic mass is 10.3. The van der Waals surface area contributed by atoms with Crippen LogP contribution in [0.2, 0.25) is 0 Å². The third-order valence-corrected chi connectivity index (χ3v) is 3.32. The van der Waals surface area contributed by atoms with Crippen molar-refractivity contribution in [3.63, 3.8) is 0 Å². The van der Waals surface area contributed by atoms with Gasteiger partial charge in [-0.25, -0.2) is 14.6 Å². The molecule has 0 aliphatic rings. The third kappa shape index (κ3) is 2.73. The molecule has 6 nitrogen and oxygen atoms in total. The number of rotatable bonds is 3. The first kappa shape index (κ1) is 12.7. The Labute approximate surface area is 113 Å². The zero-order valence-electron chi connectivity index (χ0n) is 9.96. The fraction of sp³-hybridized carbons (Fsp3) is 0.273. The molecule has 0 aromatic carbocycles. The first-order valence-electron chi connectivity index (χ1n) is 5.36. The van der Waals surface area contributed by atoms with E-state index in [1.165, 1.54) is 17.3 Å². The van der Waals surface area contributed by atoms with E-state index < -0.39 is 6.04 Å². The number of pyridine rings is 1. The molecule has 0 bridgehead atoms. The second-order valence-corrected chi connectivity index (χ2v) is 4.66. The van der Waals surface area contributed by atoms with E-state index in [1.54, 1.807) is 13.0 Å². The summed E-state index contributed by atoms with van der Waals surface area (Å²) in [5.74, 6) is 0.336. The van der Waals surface area contributed by atoms with Gasteiger partial charge in [0.15, 0.2) is 0 Å².